The van der Waals surface area contributed by atoms with Gasteiger partial charge in [-0.25, -0.2) is 0 Å². The first-order valence-corrected chi connectivity index (χ1v) is 6.68. The van der Waals surface area contributed by atoms with Crippen LogP contribution in [0, 0.1) is 0 Å². The number of aliphatic hydroxyl groups excluding tert-OH is 1. The Hall–Kier alpha value is -1.18. The topological polar surface area (TPSA) is 90.9 Å². The third kappa shape index (κ3) is 7.09. The van der Waals surface area contributed by atoms with Crippen LogP contribution in [0.4, 0.5) is 0 Å². The summed E-state index contributed by atoms with van der Waals surface area (Å²) in [6.07, 6.45) is 0.464. The van der Waals surface area contributed by atoms with Gasteiger partial charge in [-0.15, -0.1) is 0 Å². The summed E-state index contributed by atoms with van der Waals surface area (Å²) in [5, 5.41) is 14.3. The Bertz CT molecular complexity index is 280. The molecule has 1 aliphatic heterocycles. The molecular weight excluding hydrogens is 250 g/mol. The van der Waals surface area contributed by atoms with Gasteiger partial charge >= 0.3 is 0 Å². The quantitative estimate of drug-likeness (QED) is 0.460. The molecule has 7 nitrogen and oxygen atoms in total. The molecule has 0 spiro atoms. The van der Waals surface area contributed by atoms with E-state index in [1.165, 1.54) is 0 Å². The lowest BCUT2D eigenvalue weighted by Crippen LogP contribution is -2.46. The van der Waals surface area contributed by atoms with E-state index in [4.69, 9.17) is 9.84 Å². The van der Waals surface area contributed by atoms with Gasteiger partial charge in [0.25, 0.3) is 0 Å². The molecule has 1 saturated heterocycles. The summed E-state index contributed by atoms with van der Waals surface area (Å²) in [5.74, 6) is -0.107. The van der Waals surface area contributed by atoms with E-state index in [2.05, 4.69) is 10.6 Å². The average Bonchev–Trinajstić information content (AvgIpc) is 2.45. The van der Waals surface area contributed by atoms with Crippen LogP contribution in [0.25, 0.3) is 0 Å². The summed E-state index contributed by atoms with van der Waals surface area (Å²) in [7, 11) is 0. The first-order chi connectivity index (χ1) is 9.24. The van der Waals surface area contributed by atoms with Crippen LogP contribution >= 0.6 is 0 Å². The maximum atomic E-state index is 11.8. The van der Waals surface area contributed by atoms with Gasteiger partial charge in [0.1, 0.15) is 0 Å². The fourth-order valence-corrected chi connectivity index (χ4v) is 1.81. The average molecular weight is 273 g/mol. The van der Waals surface area contributed by atoms with Gasteiger partial charge in [0.15, 0.2) is 0 Å². The third-order valence-corrected chi connectivity index (χ3v) is 2.84. The van der Waals surface area contributed by atoms with Gasteiger partial charge in [-0.2, -0.15) is 0 Å². The molecule has 110 valence electrons. The summed E-state index contributed by atoms with van der Waals surface area (Å²) in [5.41, 5.74) is 0. The predicted molar refractivity (Wildman–Crippen MR) is 69.6 cm³/mol. The first-order valence-electron chi connectivity index (χ1n) is 6.68. The lowest BCUT2D eigenvalue weighted by Gasteiger charge is -2.27. The molecule has 3 N–H and O–H groups in total. The highest BCUT2D eigenvalue weighted by molar-refractivity contribution is 5.83. The zero-order valence-corrected chi connectivity index (χ0v) is 11.2. The van der Waals surface area contributed by atoms with E-state index in [-0.39, 0.29) is 37.9 Å². The molecule has 1 heterocycles. The number of aliphatic hydroxyl groups is 1. The lowest BCUT2D eigenvalue weighted by atomic mass is 10.2. The monoisotopic (exact) mass is 273 g/mol. The normalized spacial score (nSPS) is 15.3. The molecule has 0 atom stereocenters. The zero-order chi connectivity index (χ0) is 13.9. The number of carbonyl (C=O) groups is 2. The minimum Gasteiger partial charge on any atom is -0.394 e. The Labute approximate surface area is 113 Å². The number of carbonyl (C=O) groups excluding carboxylic acids is 2. The molecule has 0 saturated carbocycles. The Balaban J connectivity index is 2.03. The smallest absolute Gasteiger partial charge is 0.223 e. The van der Waals surface area contributed by atoms with Gasteiger partial charge in [-0.05, 0) is 0 Å². The van der Waals surface area contributed by atoms with E-state index in [0.717, 1.165) is 26.2 Å². The number of amides is 2. The van der Waals surface area contributed by atoms with Gasteiger partial charge < -0.3 is 25.4 Å². The highest BCUT2D eigenvalue weighted by atomic mass is 16.5. The van der Waals surface area contributed by atoms with Crippen molar-refractivity contribution in [3.8, 4) is 0 Å². The number of hydrogen-bond acceptors (Lipinski definition) is 5. The summed E-state index contributed by atoms with van der Waals surface area (Å²) in [6.45, 7) is 4.11. The highest BCUT2D eigenvalue weighted by Crippen LogP contribution is 1.99. The number of ether oxygens (including phenoxy) is 1. The van der Waals surface area contributed by atoms with Crippen molar-refractivity contribution in [1.29, 1.82) is 0 Å². The summed E-state index contributed by atoms with van der Waals surface area (Å²) in [4.78, 5) is 25.0. The molecule has 0 radical (unpaired) electrons. The molecule has 19 heavy (non-hydrogen) atoms. The number of rotatable bonds is 8. The molecule has 0 aromatic rings. The number of hydrogen-bond donors (Lipinski definition) is 3. The molecule has 0 aromatic heterocycles. The Kier molecular flexibility index (Phi) is 8.11. The number of nitrogens with zero attached hydrogens (tertiary/aromatic N) is 1. The van der Waals surface area contributed by atoms with Gasteiger partial charge in [-0.1, -0.05) is 0 Å². The SMILES string of the molecule is O=C(CCC(=O)N1CCNCC1)NCCOCCO. The molecule has 0 aliphatic carbocycles. The van der Waals surface area contributed by atoms with Crippen molar-refractivity contribution >= 4 is 11.8 Å². The van der Waals surface area contributed by atoms with Crippen LogP contribution in [0.15, 0.2) is 0 Å². The van der Waals surface area contributed by atoms with E-state index in [0.29, 0.717) is 13.2 Å². The summed E-state index contributed by atoms with van der Waals surface area (Å²) in [6, 6.07) is 0. The van der Waals surface area contributed by atoms with Crippen molar-refractivity contribution in [2.75, 3.05) is 52.5 Å². The third-order valence-electron chi connectivity index (χ3n) is 2.84. The van der Waals surface area contributed by atoms with Crippen molar-refractivity contribution in [3.63, 3.8) is 0 Å². The number of nitrogens with one attached hydrogen (secondary N) is 2. The largest absolute Gasteiger partial charge is 0.394 e. The second kappa shape index (κ2) is 9.71. The second-order valence-corrected chi connectivity index (χ2v) is 4.32. The molecule has 1 aliphatic rings. The minimum atomic E-state index is -0.143. The van der Waals surface area contributed by atoms with Crippen LogP contribution in [-0.4, -0.2) is 74.4 Å². The first kappa shape index (κ1) is 15.9. The van der Waals surface area contributed by atoms with E-state index in [1.807, 2.05) is 0 Å². The molecule has 1 fully saturated rings. The fraction of sp³-hybridized carbons (Fsp3) is 0.833. The zero-order valence-electron chi connectivity index (χ0n) is 11.2. The molecule has 0 bridgehead atoms. The van der Waals surface area contributed by atoms with E-state index in [9.17, 15) is 9.59 Å². The van der Waals surface area contributed by atoms with Gasteiger partial charge in [-0.3, -0.25) is 9.59 Å². The highest BCUT2D eigenvalue weighted by Gasteiger charge is 2.16. The molecule has 0 unspecified atom stereocenters. The van der Waals surface area contributed by atoms with Crippen molar-refractivity contribution in [1.82, 2.24) is 15.5 Å². The van der Waals surface area contributed by atoms with Gasteiger partial charge in [0.2, 0.25) is 11.8 Å². The Morgan fingerprint density at radius 2 is 1.95 bits per heavy atom. The van der Waals surface area contributed by atoms with E-state index >= 15 is 0 Å². The Morgan fingerprint density at radius 3 is 2.63 bits per heavy atom. The fourth-order valence-electron chi connectivity index (χ4n) is 1.81. The second-order valence-electron chi connectivity index (χ2n) is 4.32. The minimum absolute atomic E-state index is 0.0207. The van der Waals surface area contributed by atoms with Crippen molar-refractivity contribution in [2.24, 2.45) is 0 Å². The molecule has 7 heteroatoms. The molecule has 0 aromatic carbocycles. The van der Waals surface area contributed by atoms with E-state index in [1.54, 1.807) is 4.90 Å². The van der Waals surface area contributed by atoms with Crippen LogP contribution in [0.1, 0.15) is 12.8 Å². The van der Waals surface area contributed by atoms with Crippen molar-refractivity contribution in [2.45, 2.75) is 12.8 Å². The number of piperazine rings is 1. The standard InChI is InChI=1S/C12H23N3O4/c16-8-10-19-9-5-14-11(17)1-2-12(18)15-6-3-13-4-7-15/h13,16H,1-10H2,(H,14,17). The lowest BCUT2D eigenvalue weighted by molar-refractivity contribution is -0.134. The molecular formula is C12H23N3O4. The van der Waals surface area contributed by atoms with Crippen molar-refractivity contribution in [3.05, 3.63) is 0 Å². The van der Waals surface area contributed by atoms with Crippen LogP contribution < -0.4 is 10.6 Å². The van der Waals surface area contributed by atoms with Gasteiger partial charge in [0.05, 0.1) is 19.8 Å². The summed E-state index contributed by atoms with van der Waals surface area (Å²) >= 11 is 0. The Morgan fingerprint density at radius 1 is 1.21 bits per heavy atom. The van der Waals surface area contributed by atoms with E-state index < -0.39 is 0 Å². The van der Waals surface area contributed by atoms with Crippen LogP contribution in [-0.2, 0) is 14.3 Å². The maximum Gasteiger partial charge on any atom is 0.223 e. The van der Waals surface area contributed by atoms with Crippen LogP contribution in [0.5, 0.6) is 0 Å². The predicted octanol–water partition coefficient (Wildman–Crippen LogP) is -1.68. The summed E-state index contributed by atoms with van der Waals surface area (Å²) < 4.78 is 5.01. The molecule has 2 amide bonds. The molecule has 1 rings (SSSR count). The van der Waals surface area contributed by atoms with Gasteiger partial charge in [0, 0.05) is 45.6 Å². The van der Waals surface area contributed by atoms with Crippen LogP contribution in [0.3, 0.4) is 0 Å². The van der Waals surface area contributed by atoms with Crippen LogP contribution in [0.2, 0.25) is 0 Å². The maximum absolute atomic E-state index is 11.8. The van der Waals surface area contributed by atoms with Crippen molar-refractivity contribution < 1.29 is 19.4 Å².